The van der Waals surface area contributed by atoms with E-state index in [4.69, 9.17) is 0 Å². The normalized spacial score (nSPS) is 20.1. The van der Waals surface area contributed by atoms with E-state index in [-0.39, 0.29) is 0 Å². The fourth-order valence-corrected chi connectivity index (χ4v) is 2.44. The average Bonchev–Trinajstić information content (AvgIpc) is 2.68. The highest BCUT2D eigenvalue weighted by Gasteiger charge is 2.31. The second-order valence-electron chi connectivity index (χ2n) is 3.12. The monoisotopic (exact) mass is 167 g/mol. The molecule has 1 unspecified atom stereocenters. The van der Waals surface area contributed by atoms with Gasteiger partial charge < -0.3 is 5.32 Å². The van der Waals surface area contributed by atoms with Gasteiger partial charge in [-0.2, -0.15) is 0 Å². The molecule has 60 valence electrons. The van der Waals surface area contributed by atoms with Crippen LogP contribution in [0.25, 0.3) is 0 Å². The fourth-order valence-electron chi connectivity index (χ4n) is 1.51. The van der Waals surface area contributed by atoms with Crippen LogP contribution >= 0.6 is 11.3 Å². The molecule has 0 aromatic carbocycles. The summed E-state index contributed by atoms with van der Waals surface area (Å²) in [5.41, 5.74) is 0. The molecule has 1 nitrogen and oxygen atoms in total. The van der Waals surface area contributed by atoms with Crippen molar-refractivity contribution in [2.75, 3.05) is 7.05 Å². The van der Waals surface area contributed by atoms with Crippen molar-refractivity contribution in [1.82, 2.24) is 5.32 Å². The van der Waals surface area contributed by atoms with Crippen LogP contribution < -0.4 is 5.32 Å². The third kappa shape index (κ3) is 1.47. The molecule has 0 bridgehead atoms. The van der Waals surface area contributed by atoms with Gasteiger partial charge in [0.15, 0.2) is 0 Å². The van der Waals surface area contributed by atoms with Crippen molar-refractivity contribution < 1.29 is 0 Å². The van der Waals surface area contributed by atoms with E-state index >= 15 is 0 Å². The Hall–Kier alpha value is -0.340. The van der Waals surface area contributed by atoms with Gasteiger partial charge >= 0.3 is 0 Å². The first-order valence-corrected chi connectivity index (χ1v) is 5.00. The van der Waals surface area contributed by atoms with Crippen molar-refractivity contribution in [2.24, 2.45) is 5.92 Å². The number of thiophene rings is 1. The average molecular weight is 167 g/mol. The third-order valence-corrected chi connectivity index (χ3v) is 3.21. The molecule has 1 fully saturated rings. The second kappa shape index (κ2) is 2.95. The molecule has 0 radical (unpaired) electrons. The summed E-state index contributed by atoms with van der Waals surface area (Å²) in [7, 11) is 2.06. The van der Waals surface area contributed by atoms with E-state index in [9.17, 15) is 0 Å². The molecule has 1 atom stereocenters. The fraction of sp³-hybridized carbons (Fsp3) is 0.556. The van der Waals surface area contributed by atoms with Crippen LogP contribution in [0.2, 0.25) is 0 Å². The maximum Gasteiger partial charge on any atom is 0.0440 e. The van der Waals surface area contributed by atoms with Crippen LogP contribution in [-0.4, -0.2) is 7.05 Å². The zero-order valence-electron chi connectivity index (χ0n) is 6.71. The Kier molecular flexibility index (Phi) is 1.96. The van der Waals surface area contributed by atoms with Crippen LogP contribution in [0.15, 0.2) is 17.5 Å². The lowest BCUT2D eigenvalue weighted by Crippen LogP contribution is -2.16. The highest BCUT2D eigenvalue weighted by molar-refractivity contribution is 7.10. The summed E-state index contributed by atoms with van der Waals surface area (Å²) in [6.45, 7) is 0. The number of hydrogen-bond donors (Lipinski definition) is 1. The molecule has 1 aliphatic rings. The lowest BCUT2D eigenvalue weighted by Gasteiger charge is -2.12. The van der Waals surface area contributed by atoms with Crippen LogP contribution in [0.5, 0.6) is 0 Å². The predicted octanol–water partition coefficient (Wildman–Crippen LogP) is 2.42. The van der Waals surface area contributed by atoms with Crippen molar-refractivity contribution in [3.63, 3.8) is 0 Å². The van der Waals surface area contributed by atoms with Crippen LogP contribution in [0.1, 0.15) is 23.8 Å². The van der Waals surface area contributed by atoms with Crippen LogP contribution in [0.3, 0.4) is 0 Å². The Morgan fingerprint density at radius 3 is 2.91 bits per heavy atom. The second-order valence-corrected chi connectivity index (χ2v) is 4.10. The first kappa shape index (κ1) is 7.32. The molecule has 1 heterocycles. The first-order chi connectivity index (χ1) is 5.42. The molecule has 1 aromatic rings. The molecule has 1 aliphatic carbocycles. The minimum absolute atomic E-state index is 0.634. The summed E-state index contributed by atoms with van der Waals surface area (Å²) in [5, 5.41) is 5.53. The van der Waals surface area contributed by atoms with Crippen molar-refractivity contribution in [3.05, 3.63) is 22.4 Å². The Labute approximate surface area is 71.4 Å². The standard InChI is InChI=1S/C9H13NS/c1-10-9(7-4-5-7)8-3-2-6-11-8/h2-3,6-7,9-10H,4-5H2,1H3. The number of hydrogen-bond acceptors (Lipinski definition) is 2. The first-order valence-electron chi connectivity index (χ1n) is 4.12. The van der Waals surface area contributed by atoms with Crippen molar-refractivity contribution in [3.8, 4) is 0 Å². The van der Waals surface area contributed by atoms with Crippen LogP contribution in [0.4, 0.5) is 0 Å². The topological polar surface area (TPSA) is 12.0 Å². The zero-order valence-corrected chi connectivity index (χ0v) is 7.53. The van der Waals surface area contributed by atoms with Gasteiger partial charge in [0.25, 0.3) is 0 Å². The van der Waals surface area contributed by atoms with E-state index in [1.807, 2.05) is 11.3 Å². The highest BCUT2D eigenvalue weighted by atomic mass is 32.1. The van der Waals surface area contributed by atoms with E-state index in [0.29, 0.717) is 6.04 Å². The van der Waals surface area contributed by atoms with Crippen LogP contribution in [-0.2, 0) is 0 Å². The van der Waals surface area contributed by atoms with Gasteiger partial charge in [0, 0.05) is 10.9 Å². The van der Waals surface area contributed by atoms with Gasteiger partial charge in [-0.1, -0.05) is 6.07 Å². The van der Waals surface area contributed by atoms with Gasteiger partial charge in [-0.25, -0.2) is 0 Å². The van der Waals surface area contributed by atoms with Gasteiger partial charge in [0.1, 0.15) is 0 Å². The van der Waals surface area contributed by atoms with Gasteiger partial charge in [0.05, 0.1) is 0 Å². The smallest absolute Gasteiger partial charge is 0.0440 e. The molecule has 2 rings (SSSR count). The summed E-state index contributed by atoms with van der Waals surface area (Å²) in [5.74, 6) is 0.915. The molecular formula is C9H13NS. The van der Waals surface area contributed by atoms with Gasteiger partial charge in [-0.3, -0.25) is 0 Å². The molecule has 2 heteroatoms. The Bertz CT molecular complexity index is 213. The molecule has 0 spiro atoms. The van der Waals surface area contributed by atoms with Gasteiger partial charge in [0.2, 0.25) is 0 Å². The van der Waals surface area contributed by atoms with E-state index < -0.39 is 0 Å². The number of rotatable bonds is 3. The molecule has 0 amide bonds. The highest BCUT2D eigenvalue weighted by Crippen LogP contribution is 2.41. The molecular weight excluding hydrogens is 154 g/mol. The van der Waals surface area contributed by atoms with Crippen molar-refractivity contribution in [1.29, 1.82) is 0 Å². The zero-order chi connectivity index (χ0) is 7.68. The summed E-state index contributed by atoms with van der Waals surface area (Å²) < 4.78 is 0. The molecule has 0 saturated heterocycles. The Morgan fingerprint density at radius 1 is 1.64 bits per heavy atom. The van der Waals surface area contributed by atoms with E-state index in [1.165, 1.54) is 17.7 Å². The van der Waals surface area contributed by atoms with Gasteiger partial charge in [-0.15, -0.1) is 11.3 Å². The Balaban J connectivity index is 2.11. The predicted molar refractivity (Wildman–Crippen MR) is 48.8 cm³/mol. The molecule has 11 heavy (non-hydrogen) atoms. The third-order valence-electron chi connectivity index (χ3n) is 2.25. The van der Waals surface area contributed by atoms with Gasteiger partial charge in [-0.05, 0) is 37.3 Å². The minimum Gasteiger partial charge on any atom is -0.312 e. The minimum atomic E-state index is 0.634. The number of nitrogens with one attached hydrogen (secondary N) is 1. The van der Waals surface area contributed by atoms with Crippen molar-refractivity contribution >= 4 is 11.3 Å². The Morgan fingerprint density at radius 2 is 2.45 bits per heavy atom. The summed E-state index contributed by atoms with van der Waals surface area (Å²) >= 11 is 1.86. The summed E-state index contributed by atoms with van der Waals surface area (Å²) in [6.07, 6.45) is 2.81. The van der Waals surface area contributed by atoms with E-state index in [2.05, 4.69) is 29.9 Å². The quantitative estimate of drug-likeness (QED) is 0.729. The van der Waals surface area contributed by atoms with Crippen LogP contribution in [0, 0.1) is 5.92 Å². The van der Waals surface area contributed by atoms with E-state index in [1.54, 1.807) is 0 Å². The molecule has 1 aromatic heterocycles. The SMILES string of the molecule is CNC(c1cccs1)C1CC1. The lowest BCUT2D eigenvalue weighted by atomic mass is 10.1. The molecule has 1 saturated carbocycles. The maximum absolute atomic E-state index is 3.38. The van der Waals surface area contributed by atoms with Crippen molar-refractivity contribution in [2.45, 2.75) is 18.9 Å². The summed E-state index contributed by atoms with van der Waals surface area (Å²) in [4.78, 5) is 1.50. The summed E-state index contributed by atoms with van der Waals surface area (Å²) in [6, 6.07) is 4.99. The molecule has 1 N–H and O–H groups in total. The maximum atomic E-state index is 3.38. The van der Waals surface area contributed by atoms with E-state index in [0.717, 1.165) is 5.92 Å². The largest absolute Gasteiger partial charge is 0.312 e. The lowest BCUT2D eigenvalue weighted by molar-refractivity contribution is 0.537. The molecule has 0 aliphatic heterocycles.